The van der Waals surface area contributed by atoms with Gasteiger partial charge in [0.15, 0.2) is 5.78 Å². The predicted molar refractivity (Wildman–Crippen MR) is 65.0 cm³/mol. The maximum atomic E-state index is 12.7. The molecular formula is C13H8BF4KO. The molecule has 2 aromatic rings. The Bertz CT molecular complexity index is 593. The Kier molecular flexibility index (Phi) is 6.15. The van der Waals surface area contributed by atoms with Crippen LogP contribution in [0, 0.1) is 5.82 Å². The third kappa shape index (κ3) is 4.26. The number of halogens is 4. The van der Waals surface area contributed by atoms with Crippen LogP contribution in [0.15, 0.2) is 48.5 Å². The van der Waals surface area contributed by atoms with Gasteiger partial charge in [-0.2, -0.15) is 0 Å². The zero-order valence-electron chi connectivity index (χ0n) is 10.6. The summed E-state index contributed by atoms with van der Waals surface area (Å²) >= 11 is 0. The quantitative estimate of drug-likeness (QED) is 0.447. The van der Waals surface area contributed by atoms with Gasteiger partial charge >= 0.3 is 58.4 Å². The smallest absolute Gasteiger partial charge is 0.445 e. The Labute approximate surface area is 155 Å². The van der Waals surface area contributed by atoms with E-state index in [-0.39, 0.29) is 62.5 Å². The molecular weight excluding hydrogens is 298 g/mol. The van der Waals surface area contributed by atoms with Crippen molar-refractivity contribution in [2.75, 3.05) is 0 Å². The van der Waals surface area contributed by atoms with E-state index < -0.39 is 24.0 Å². The molecule has 0 aliphatic carbocycles. The van der Waals surface area contributed by atoms with Crippen LogP contribution in [0.1, 0.15) is 15.9 Å². The van der Waals surface area contributed by atoms with Gasteiger partial charge in [-0.25, -0.2) is 4.39 Å². The van der Waals surface area contributed by atoms with Gasteiger partial charge in [0.25, 0.3) is 0 Å². The Balaban J connectivity index is 0.00000200. The van der Waals surface area contributed by atoms with Gasteiger partial charge in [-0.05, 0) is 24.3 Å². The first-order valence-electron chi connectivity index (χ1n) is 5.48. The third-order valence-electron chi connectivity index (χ3n) is 2.66. The summed E-state index contributed by atoms with van der Waals surface area (Å²) in [7, 11) is 0. The summed E-state index contributed by atoms with van der Waals surface area (Å²) in [6.07, 6.45) is 0. The summed E-state index contributed by atoms with van der Waals surface area (Å²) in [4.78, 5) is 11.9. The van der Waals surface area contributed by atoms with E-state index in [0.29, 0.717) is 0 Å². The molecule has 0 fully saturated rings. The number of carbonyl (C=O) groups is 1. The van der Waals surface area contributed by atoms with Crippen molar-refractivity contribution < 1.29 is 73.5 Å². The molecule has 0 bridgehead atoms. The second-order valence-corrected chi connectivity index (χ2v) is 4.03. The predicted octanol–water partition coefficient (Wildman–Crippen LogP) is 0.115. The van der Waals surface area contributed by atoms with Crippen molar-refractivity contribution in [1.29, 1.82) is 0 Å². The SMILES string of the molecule is O=C(c1ccc(F)cc1)c1ccc([B-](F)(F)F)cc1.[K+]. The third-order valence-corrected chi connectivity index (χ3v) is 2.66. The molecule has 0 N–H and O–H groups in total. The molecule has 2 rings (SSSR count). The summed E-state index contributed by atoms with van der Waals surface area (Å²) in [5.74, 6) is -0.923. The summed E-state index contributed by atoms with van der Waals surface area (Å²) < 4.78 is 50.0. The first kappa shape index (κ1) is 17.6. The van der Waals surface area contributed by atoms with Crippen molar-refractivity contribution in [3.63, 3.8) is 0 Å². The topological polar surface area (TPSA) is 17.1 Å². The molecule has 0 aliphatic heterocycles. The fourth-order valence-corrected chi connectivity index (χ4v) is 1.62. The molecule has 0 amide bonds. The molecule has 0 unspecified atom stereocenters. The summed E-state index contributed by atoms with van der Waals surface area (Å²) in [5, 5.41) is 0. The van der Waals surface area contributed by atoms with Crippen molar-refractivity contribution in [2.24, 2.45) is 0 Å². The monoisotopic (exact) mass is 306 g/mol. The molecule has 0 atom stereocenters. The van der Waals surface area contributed by atoms with Crippen LogP contribution in [0.5, 0.6) is 0 Å². The van der Waals surface area contributed by atoms with Crippen LogP contribution in [-0.4, -0.2) is 12.8 Å². The molecule has 0 heterocycles. The van der Waals surface area contributed by atoms with Gasteiger partial charge in [-0.3, -0.25) is 4.79 Å². The van der Waals surface area contributed by atoms with Crippen LogP contribution in [0.25, 0.3) is 0 Å². The van der Waals surface area contributed by atoms with Crippen molar-refractivity contribution in [2.45, 2.75) is 0 Å². The van der Waals surface area contributed by atoms with Crippen LogP contribution >= 0.6 is 0 Å². The standard InChI is InChI=1S/C13H8BF4O.K/c15-12-7-3-10(4-8-12)13(19)9-1-5-11(6-2-9)14(16,17)18;/h1-8H;/q-1;+1. The maximum absolute atomic E-state index is 12.7. The van der Waals surface area contributed by atoms with Gasteiger partial charge in [-0.1, -0.05) is 24.3 Å². The number of hydrogen-bond donors (Lipinski definition) is 0. The zero-order valence-corrected chi connectivity index (χ0v) is 13.7. The average Bonchev–Trinajstić information content (AvgIpc) is 2.38. The van der Waals surface area contributed by atoms with Crippen molar-refractivity contribution in [3.8, 4) is 0 Å². The Morgan fingerprint density at radius 3 is 1.60 bits per heavy atom. The van der Waals surface area contributed by atoms with Crippen molar-refractivity contribution >= 4 is 18.2 Å². The van der Waals surface area contributed by atoms with Crippen LogP contribution in [0.2, 0.25) is 0 Å². The van der Waals surface area contributed by atoms with Crippen LogP contribution in [0.3, 0.4) is 0 Å². The number of carbonyl (C=O) groups excluding carboxylic acids is 1. The number of rotatable bonds is 3. The zero-order chi connectivity index (χ0) is 14.0. The van der Waals surface area contributed by atoms with Crippen LogP contribution in [-0.2, 0) is 0 Å². The minimum absolute atomic E-state index is 0. The minimum Gasteiger partial charge on any atom is -0.445 e. The Hall–Kier alpha value is -0.469. The molecule has 98 valence electrons. The minimum atomic E-state index is -5.07. The molecule has 7 heteroatoms. The van der Waals surface area contributed by atoms with Crippen molar-refractivity contribution in [3.05, 3.63) is 65.5 Å². The van der Waals surface area contributed by atoms with Gasteiger partial charge in [-0.15, -0.1) is 5.46 Å². The largest absolute Gasteiger partial charge is 1.00 e. The van der Waals surface area contributed by atoms with Crippen molar-refractivity contribution in [1.82, 2.24) is 0 Å². The summed E-state index contributed by atoms with van der Waals surface area (Å²) in [6.45, 7) is -5.07. The van der Waals surface area contributed by atoms with E-state index in [2.05, 4.69) is 0 Å². The van der Waals surface area contributed by atoms with Crippen LogP contribution < -0.4 is 56.8 Å². The van der Waals surface area contributed by atoms with E-state index in [0.717, 1.165) is 36.4 Å². The molecule has 1 nitrogen and oxygen atoms in total. The van der Waals surface area contributed by atoms with Gasteiger partial charge in [0, 0.05) is 11.1 Å². The fourth-order valence-electron chi connectivity index (χ4n) is 1.62. The van der Waals surface area contributed by atoms with E-state index in [4.69, 9.17) is 0 Å². The summed E-state index contributed by atoms with van der Waals surface area (Å²) in [6, 6.07) is 8.82. The molecule has 0 aromatic heterocycles. The summed E-state index contributed by atoms with van der Waals surface area (Å²) in [5.41, 5.74) is -0.391. The van der Waals surface area contributed by atoms with E-state index >= 15 is 0 Å². The van der Waals surface area contributed by atoms with E-state index in [1.54, 1.807) is 0 Å². The molecule has 20 heavy (non-hydrogen) atoms. The first-order chi connectivity index (χ1) is 8.88. The van der Waals surface area contributed by atoms with Gasteiger partial charge < -0.3 is 12.9 Å². The van der Waals surface area contributed by atoms with E-state index in [1.165, 1.54) is 12.1 Å². The second kappa shape index (κ2) is 7.00. The average molecular weight is 306 g/mol. The Morgan fingerprint density at radius 1 is 0.800 bits per heavy atom. The number of benzene rings is 2. The fraction of sp³-hybridized carbons (Fsp3) is 0. The van der Waals surface area contributed by atoms with Gasteiger partial charge in [0.1, 0.15) is 5.82 Å². The molecule has 0 saturated heterocycles. The number of ketones is 1. The second-order valence-electron chi connectivity index (χ2n) is 4.03. The molecule has 0 radical (unpaired) electrons. The molecule has 0 aliphatic rings. The first-order valence-corrected chi connectivity index (χ1v) is 5.48. The normalized spacial score (nSPS) is 10.8. The molecule has 0 saturated carbocycles. The maximum Gasteiger partial charge on any atom is 1.00 e. The van der Waals surface area contributed by atoms with E-state index in [1.807, 2.05) is 0 Å². The van der Waals surface area contributed by atoms with Gasteiger partial charge in [0.05, 0.1) is 0 Å². The van der Waals surface area contributed by atoms with Crippen LogP contribution in [0.4, 0.5) is 17.3 Å². The molecule has 0 spiro atoms. The molecule has 2 aromatic carbocycles. The van der Waals surface area contributed by atoms with Gasteiger partial charge in [0.2, 0.25) is 0 Å². The Morgan fingerprint density at radius 2 is 1.20 bits per heavy atom. The van der Waals surface area contributed by atoms with E-state index in [9.17, 15) is 22.1 Å². The number of hydrogen-bond acceptors (Lipinski definition) is 1.